The van der Waals surface area contributed by atoms with Gasteiger partial charge < -0.3 is 0 Å². The van der Waals surface area contributed by atoms with Crippen molar-refractivity contribution in [2.75, 3.05) is 0 Å². The summed E-state index contributed by atoms with van der Waals surface area (Å²) in [5, 5.41) is 4.30. The maximum Gasteiger partial charge on any atom is 3.00 e. The molecule has 4 rings (SSSR count). The summed E-state index contributed by atoms with van der Waals surface area (Å²) in [5.41, 5.74) is 1.39. The molecule has 0 saturated carbocycles. The zero-order valence-corrected chi connectivity index (χ0v) is 17.3. The molecular formula is C25H22AlP+4. The third-order valence-corrected chi connectivity index (χ3v) is 9.23. The third kappa shape index (κ3) is 4.07. The molecule has 27 heavy (non-hydrogen) atoms. The van der Waals surface area contributed by atoms with Crippen LogP contribution in [0.2, 0.25) is 0 Å². The first-order valence-corrected chi connectivity index (χ1v) is 11.0. The van der Waals surface area contributed by atoms with Crippen LogP contribution in [0.5, 0.6) is 0 Å². The van der Waals surface area contributed by atoms with Crippen molar-refractivity contribution >= 4 is 40.5 Å². The molecule has 0 N–H and O–H groups in total. The molecule has 0 atom stereocenters. The predicted molar refractivity (Wildman–Crippen MR) is 121 cm³/mol. The minimum Gasteiger partial charge on any atom is -0.0622 e. The fourth-order valence-corrected chi connectivity index (χ4v) is 7.87. The molecule has 0 fully saturated rings. The van der Waals surface area contributed by atoms with Gasteiger partial charge in [0.15, 0.2) is 0 Å². The molecule has 0 unspecified atom stereocenters. The van der Waals surface area contributed by atoms with E-state index >= 15 is 0 Å². The molecule has 2 heteroatoms. The first-order valence-electron chi connectivity index (χ1n) is 8.98. The van der Waals surface area contributed by atoms with E-state index in [1.807, 2.05) is 0 Å². The van der Waals surface area contributed by atoms with Gasteiger partial charge in [0.2, 0.25) is 0 Å². The second-order valence-corrected chi connectivity index (χ2v) is 9.95. The summed E-state index contributed by atoms with van der Waals surface area (Å²) in [5.74, 6) is 0. The summed E-state index contributed by atoms with van der Waals surface area (Å²) in [6.07, 6.45) is 1.03. The fraction of sp³-hybridized carbons (Fsp3) is 0.0400. The van der Waals surface area contributed by atoms with Gasteiger partial charge >= 0.3 is 17.4 Å². The molecule has 4 aromatic carbocycles. The molecule has 0 heterocycles. The molecule has 0 bridgehead atoms. The van der Waals surface area contributed by atoms with Gasteiger partial charge in [-0.15, -0.1) is 0 Å². The Bertz CT molecular complexity index is 842. The van der Waals surface area contributed by atoms with Crippen LogP contribution in [-0.2, 0) is 6.16 Å². The summed E-state index contributed by atoms with van der Waals surface area (Å²) >= 11 is 0. The Hall–Kier alpha value is -2.16. The van der Waals surface area contributed by atoms with Crippen LogP contribution >= 0.6 is 7.26 Å². The van der Waals surface area contributed by atoms with Gasteiger partial charge in [0.25, 0.3) is 0 Å². The first kappa shape index (κ1) is 19.6. The Kier molecular flexibility index (Phi) is 6.65. The molecule has 126 valence electrons. The molecule has 0 aliphatic carbocycles. The smallest absolute Gasteiger partial charge is 0.0622 e. The maximum absolute atomic E-state index is 2.30. The monoisotopic (exact) mass is 380 g/mol. The van der Waals surface area contributed by atoms with Crippen molar-refractivity contribution in [2.45, 2.75) is 6.16 Å². The predicted octanol–water partition coefficient (Wildman–Crippen LogP) is 4.80. The minimum atomic E-state index is -1.78. The third-order valence-electron chi connectivity index (χ3n) is 4.85. The summed E-state index contributed by atoms with van der Waals surface area (Å²) in [6, 6.07) is 44.0. The molecule has 0 nitrogen and oxygen atoms in total. The van der Waals surface area contributed by atoms with Crippen molar-refractivity contribution in [3.05, 3.63) is 127 Å². The van der Waals surface area contributed by atoms with Gasteiger partial charge in [-0.1, -0.05) is 84.9 Å². The second kappa shape index (κ2) is 9.17. The fourth-order valence-electron chi connectivity index (χ4n) is 3.63. The van der Waals surface area contributed by atoms with Gasteiger partial charge in [0.05, 0.1) is 6.16 Å². The van der Waals surface area contributed by atoms with Crippen LogP contribution in [0, 0.1) is 0 Å². The summed E-state index contributed by atoms with van der Waals surface area (Å²) in [7, 11) is -1.78. The summed E-state index contributed by atoms with van der Waals surface area (Å²) in [6.45, 7) is 0. The molecule has 0 amide bonds. The Morgan fingerprint density at radius 2 is 0.704 bits per heavy atom. The van der Waals surface area contributed by atoms with E-state index < -0.39 is 7.26 Å². The van der Waals surface area contributed by atoms with Crippen molar-refractivity contribution in [3.8, 4) is 0 Å². The number of rotatable bonds is 5. The molecular weight excluding hydrogens is 358 g/mol. The molecule has 0 aliphatic rings. The average molecular weight is 380 g/mol. The molecule has 0 aliphatic heterocycles. The van der Waals surface area contributed by atoms with E-state index in [-0.39, 0.29) is 17.4 Å². The van der Waals surface area contributed by atoms with Crippen molar-refractivity contribution < 1.29 is 0 Å². The van der Waals surface area contributed by atoms with Crippen LogP contribution in [0.1, 0.15) is 5.56 Å². The standard InChI is InChI=1S/C25H22P.Al/c1-5-13-22(14-6-1)21-26(23-15-7-2-8-16-23,24-17-9-3-10-18-24)25-19-11-4-12-20-25;/h1-20H,21H2;/q+1;+3. The first-order chi connectivity index (χ1) is 12.9. The van der Waals surface area contributed by atoms with E-state index in [1.165, 1.54) is 21.5 Å². The van der Waals surface area contributed by atoms with Crippen LogP contribution in [0.4, 0.5) is 0 Å². The second-order valence-electron chi connectivity index (χ2n) is 6.46. The summed E-state index contributed by atoms with van der Waals surface area (Å²) in [4.78, 5) is 0. The SMILES string of the molecule is [Al+3].c1ccc(C[P+](c2ccccc2)(c2ccccc2)c2ccccc2)cc1. The Labute approximate surface area is 173 Å². The van der Waals surface area contributed by atoms with Crippen LogP contribution in [-0.4, -0.2) is 17.4 Å². The Morgan fingerprint density at radius 1 is 0.407 bits per heavy atom. The molecule has 4 aromatic rings. The van der Waals surface area contributed by atoms with Gasteiger partial charge in [-0.25, -0.2) is 0 Å². The normalized spacial score (nSPS) is 10.8. The van der Waals surface area contributed by atoms with Gasteiger partial charge in [-0.2, -0.15) is 0 Å². The van der Waals surface area contributed by atoms with Crippen LogP contribution in [0.3, 0.4) is 0 Å². The van der Waals surface area contributed by atoms with Crippen LogP contribution in [0.25, 0.3) is 0 Å². The van der Waals surface area contributed by atoms with E-state index in [1.54, 1.807) is 0 Å². The maximum atomic E-state index is 2.30. The van der Waals surface area contributed by atoms with E-state index in [0.717, 1.165) is 6.16 Å². The molecule has 0 radical (unpaired) electrons. The van der Waals surface area contributed by atoms with Crippen molar-refractivity contribution in [3.63, 3.8) is 0 Å². The number of hydrogen-bond donors (Lipinski definition) is 0. The van der Waals surface area contributed by atoms with Crippen LogP contribution < -0.4 is 15.9 Å². The van der Waals surface area contributed by atoms with E-state index in [2.05, 4.69) is 121 Å². The van der Waals surface area contributed by atoms with E-state index in [4.69, 9.17) is 0 Å². The van der Waals surface area contributed by atoms with Crippen LogP contribution in [0.15, 0.2) is 121 Å². The molecule has 0 aromatic heterocycles. The zero-order chi connectivity index (χ0) is 17.7. The van der Waals surface area contributed by atoms with E-state index in [0.29, 0.717) is 0 Å². The largest absolute Gasteiger partial charge is 3.00 e. The molecule has 0 spiro atoms. The Morgan fingerprint density at radius 3 is 1.04 bits per heavy atom. The Balaban J connectivity index is 0.00000210. The quantitative estimate of drug-likeness (QED) is 0.345. The minimum absolute atomic E-state index is 0. The van der Waals surface area contributed by atoms with Crippen molar-refractivity contribution in [1.29, 1.82) is 0 Å². The van der Waals surface area contributed by atoms with Gasteiger partial charge in [0.1, 0.15) is 23.2 Å². The number of benzene rings is 4. The van der Waals surface area contributed by atoms with Gasteiger partial charge in [0, 0.05) is 0 Å². The van der Waals surface area contributed by atoms with E-state index in [9.17, 15) is 0 Å². The zero-order valence-electron chi connectivity index (χ0n) is 15.3. The van der Waals surface area contributed by atoms with Gasteiger partial charge in [-0.05, 0) is 42.0 Å². The van der Waals surface area contributed by atoms with Crippen molar-refractivity contribution in [2.24, 2.45) is 0 Å². The summed E-state index contributed by atoms with van der Waals surface area (Å²) < 4.78 is 0. The molecule has 0 saturated heterocycles. The number of hydrogen-bond acceptors (Lipinski definition) is 0. The average Bonchev–Trinajstić information content (AvgIpc) is 2.75. The van der Waals surface area contributed by atoms with Crippen molar-refractivity contribution in [1.82, 2.24) is 0 Å². The van der Waals surface area contributed by atoms with Gasteiger partial charge in [-0.3, -0.25) is 0 Å². The topological polar surface area (TPSA) is 0 Å².